The first-order valence-corrected chi connectivity index (χ1v) is 6.33. The van der Waals surface area contributed by atoms with Crippen molar-refractivity contribution in [1.82, 2.24) is 0 Å². The van der Waals surface area contributed by atoms with Crippen molar-refractivity contribution in [1.29, 1.82) is 0 Å². The summed E-state index contributed by atoms with van der Waals surface area (Å²) in [4.78, 5) is 13.5. The van der Waals surface area contributed by atoms with E-state index in [9.17, 15) is 10.1 Å². The molecule has 1 fully saturated rings. The van der Waals surface area contributed by atoms with Crippen molar-refractivity contribution in [3.8, 4) is 5.75 Å². The van der Waals surface area contributed by atoms with Gasteiger partial charge in [0.1, 0.15) is 18.4 Å². The highest BCUT2D eigenvalue weighted by Gasteiger charge is 2.21. The summed E-state index contributed by atoms with van der Waals surface area (Å²) in [7, 11) is 0. The smallest absolute Gasteiger partial charge is 0.303 e. The molecule has 0 radical (unpaired) electrons. The van der Waals surface area contributed by atoms with Gasteiger partial charge < -0.3 is 10.1 Å². The van der Waals surface area contributed by atoms with Crippen molar-refractivity contribution >= 4 is 11.4 Å². The van der Waals surface area contributed by atoms with Crippen LogP contribution >= 0.6 is 0 Å². The molecule has 0 unspecified atom stereocenters. The number of nitro groups is 1. The van der Waals surface area contributed by atoms with Gasteiger partial charge in [0.15, 0.2) is 0 Å². The van der Waals surface area contributed by atoms with Gasteiger partial charge in [0.2, 0.25) is 0 Å². The largest absolute Gasteiger partial charge is 0.498 e. The van der Waals surface area contributed by atoms with E-state index in [1.54, 1.807) is 12.1 Å². The van der Waals surface area contributed by atoms with E-state index >= 15 is 0 Å². The molecule has 1 saturated heterocycles. The molecule has 0 spiro atoms. The van der Waals surface area contributed by atoms with Crippen molar-refractivity contribution in [2.75, 3.05) is 13.2 Å². The number of piperidine rings is 1. The highest BCUT2D eigenvalue weighted by Crippen LogP contribution is 2.36. The molecule has 0 bridgehead atoms. The van der Waals surface area contributed by atoms with Crippen LogP contribution in [0.2, 0.25) is 0 Å². The van der Waals surface area contributed by atoms with E-state index in [-0.39, 0.29) is 11.4 Å². The Morgan fingerprint density at radius 3 is 3.00 bits per heavy atom. The maximum atomic E-state index is 10.8. The Balaban J connectivity index is 2.09. The van der Waals surface area contributed by atoms with Gasteiger partial charge in [0.05, 0.1) is 18.0 Å². The summed E-state index contributed by atoms with van der Waals surface area (Å²) >= 11 is 0. The fraction of sp³-hybridized carbons (Fsp3) is 0.462. The second-order valence-corrected chi connectivity index (χ2v) is 4.58. The highest BCUT2D eigenvalue weighted by atomic mass is 16.6. The Morgan fingerprint density at radius 2 is 2.37 bits per heavy atom. The maximum Gasteiger partial charge on any atom is 0.303 e. The van der Waals surface area contributed by atoms with E-state index in [4.69, 9.17) is 11.3 Å². The summed E-state index contributed by atoms with van der Waals surface area (Å²) < 4.78 is 5.61. The zero-order chi connectivity index (χ0) is 13.7. The number of para-hydroxylation sites is 1. The lowest BCUT2D eigenvalue weighted by atomic mass is 10.1. The van der Waals surface area contributed by atoms with Gasteiger partial charge >= 0.3 is 5.69 Å². The van der Waals surface area contributed by atoms with E-state index in [0.717, 1.165) is 13.0 Å². The van der Waals surface area contributed by atoms with Gasteiger partial charge in [-0.2, -0.15) is 0 Å². The molecule has 2 N–H and O–H groups in total. The summed E-state index contributed by atoms with van der Waals surface area (Å²) in [5.41, 5.74) is -0.205. The van der Waals surface area contributed by atoms with Crippen molar-refractivity contribution in [2.45, 2.75) is 25.3 Å². The van der Waals surface area contributed by atoms with E-state index in [2.05, 4.69) is 10.2 Å². The molecule has 1 heterocycles. The molecule has 1 aliphatic rings. The molecule has 6 heteroatoms. The molecule has 1 atom stereocenters. The topological polar surface area (TPSA) is 73.3 Å². The van der Waals surface area contributed by atoms with E-state index in [1.165, 1.54) is 18.9 Å². The van der Waals surface area contributed by atoms with Crippen LogP contribution < -0.4 is 10.1 Å². The zero-order valence-electron chi connectivity index (χ0n) is 10.5. The minimum atomic E-state index is -0.549. The summed E-state index contributed by atoms with van der Waals surface area (Å²) in [6.07, 6.45) is 3.50. The predicted octanol–water partition coefficient (Wildman–Crippen LogP) is 1.64. The fourth-order valence-corrected chi connectivity index (χ4v) is 2.26. The molecule has 2 rings (SSSR count). The Kier molecular flexibility index (Phi) is 4.31. The van der Waals surface area contributed by atoms with Crippen molar-refractivity contribution in [2.24, 2.45) is 0 Å². The van der Waals surface area contributed by atoms with Gasteiger partial charge in [-0.1, -0.05) is 6.07 Å². The third-order valence-electron chi connectivity index (χ3n) is 3.27. The van der Waals surface area contributed by atoms with Crippen LogP contribution in [0.25, 0.3) is 4.85 Å². The Morgan fingerprint density at radius 1 is 1.53 bits per heavy atom. The van der Waals surface area contributed by atoms with E-state index < -0.39 is 4.92 Å². The van der Waals surface area contributed by atoms with Gasteiger partial charge in [-0.15, -0.1) is 0 Å². The van der Waals surface area contributed by atoms with E-state index in [1.807, 2.05) is 0 Å². The molecule has 1 aromatic rings. The number of quaternary nitrogens is 1. The number of hydrogen-bond acceptors (Lipinski definition) is 3. The van der Waals surface area contributed by atoms with Crippen LogP contribution in [0, 0.1) is 16.7 Å². The number of nitrogens with zero attached hydrogens (tertiary/aromatic N) is 2. The molecule has 100 valence electrons. The van der Waals surface area contributed by atoms with Crippen LogP contribution in [0.4, 0.5) is 11.4 Å². The fourth-order valence-electron chi connectivity index (χ4n) is 2.26. The molecular formula is C13H16N3O3+. The lowest BCUT2D eigenvalue weighted by Crippen LogP contribution is -2.92. The number of nitrogens with two attached hydrogens (primary N) is 1. The summed E-state index contributed by atoms with van der Waals surface area (Å²) in [6.45, 7) is 8.66. The Labute approximate surface area is 111 Å². The standard InChI is InChI=1S/C13H15N3O3/c1-14-13-11(16(17)18)6-4-7-12(13)19-9-10-5-2-3-8-15-10/h4,6-7,10,15H,2-3,5,8-9H2/p+1/t10-/m1/s1. The third kappa shape index (κ3) is 3.20. The second kappa shape index (κ2) is 6.16. The van der Waals surface area contributed by atoms with Crippen LogP contribution in [0.5, 0.6) is 5.75 Å². The van der Waals surface area contributed by atoms with Crippen molar-refractivity contribution < 1.29 is 15.0 Å². The minimum Gasteiger partial charge on any atom is -0.498 e. The summed E-state index contributed by atoms with van der Waals surface area (Å²) in [6, 6.07) is 4.87. The van der Waals surface area contributed by atoms with Gasteiger partial charge in [-0.05, 0) is 18.9 Å². The molecule has 0 saturated carbocycles. The van der Waals surface area contributed by atoms with Crippen molar-refractivity contribution in [3.05, 3.63) is 39.7 Å². The average molecular weight is 262 g/mol. The SMILES string of the molecule is [C-]#[N+]c1c(OC[C@H]2CCCC[NH2+]2)cccc1[N+](=O)[O-]. The van der Waals surface area contributed by atoms with Gasteiger partial charge in [0, 0.05) is 12.5 Å². The number of ether oxygens (including phenoxy) is 1. The lowest BCUT2D eigenvalue weighted by Gasteiger charge is -2.20. The van der Waals surface area contributed by atoms with Crippen LogP contribution in [0.3, 0.4) is 0 Å². The van der Waals surface area contributed by atoms with Gasteiger partial charge in [-0.25, -0.2) is 4.85 Å². The highest BCUT2D eigenvalue weighted by molar-refractivity contribution is 5.70. The first-order valence-electron chi connectivity index (χ1n) is 6.33. The van der Waals surface area contributed by atoms with Gasteiger partial charge in [0.25, 0.3) is 5.69 Å². The molecular weight excluding hydrogens is 246 g/mol. The van der Waals surface area contributed by atoms with Crippen LogP contribution in [0.15, 0.2) is 18.2 Å². The summed E-state index contributed by atoms with van der Waals surface area (Å²) in [5, 5.41) is 13.1. The number of nitro benzene ring substituents is 1. The number of rotatable bonds is 4. The van der Waals surface area contributed by atoms with E-state index in [0.29, 0.717) is 18.4 Å². The molecule has 1 aromatic carbocycles. The normalized spacial score (nSPS) is 18.6. The predicted molar refractivity (Wildman–Crippen MR) is 69.3 cm³/mol. The first-order chi connectivity index (χ1) is 9.22. The maximum absolute atomic E-state index is 10.8. The monoisotopic (exact) mass is 262 g/mol. The average Bonchev–Trinajstić information content (AvgIpc) is 2.45. The number of benzene rings is 1. The first kappa shape index (κ1) is 13.3. The quantitative estimate of drug-likeness (QED) is 0.509. The molecule has 6 nitrogen and oxygen atoms in total. The Hall–Kier alpha value is -2.13. The molecule has 19 heavy (non-hydrogen) atoms. The second-order valence-electron chi connectivity index (χ2n) is 4.58. The summed E-state index contributed by atoms with van der Waals surface area (Å²) in [5.74, 6) is 0.308. The third-order valence-corrected chi connectivity index (χ3v) is 3.27. The van der Waals surface area contributed by atoms with Crippen molar-refractivity contribution in [3.63, 3.8) is 0 Å². The molecule has 0 aromatic heterocycles. The van der Waals surface area contributed by atoms with Crippen LogP contribution in [-0.2, 0) is 0 Å². The molecule has 0 aliphatic carbocycles. The molecule has 0 amide bonds. The molecule has 1 aliphatic heterocycles. The van der Waals surface area contributed by atoms with Crippen LogP contribution in [0.1, 0.15) is 19.3 Å². The van der Waals surface area contributed by atoms with Crippen LogP contribution in [-0.4, -0.2) is 24.1 Å². The zero-order valence-corrected chi connectivity index (χ0v) is 10.5. The lowest BCUT2D eigenvalue weighted by molar-refractivity contribution is -0.698. The number of hydrogen-bond donors (Lipinski definition) is 1. The minimum absolute atomic E-state index is 0.0108. The van der Waals surface area contributed by atoms with Gasteiger partial charge in [-0.3, -0.25) is 10.1 Å². The Bertz CT molecular complexity index is 504.